The van der Waals surface area contributed by atoms with Crippen LogP contribution in [0.25, 0.3) is 22.2 Å². The second-order valence-corrected chi connectivity index (χ2v) is 8.56. The molecule has 1 aromatic heterocycles. The van der Waals surface area contributed by atoms with Crippen LogP contribution in [0.3, 0.4) is 0 Å². The van der Waals surface area contributed by atoms with Crippen molar-refractivity contribution in [2.75, 3.05) is 26.2 Å². The number of likely N-dealkylation sites (tertiary alicyclic amines) is 1. The van der Waals surface area contributed by atoms with Gasteiger partial charge in [-0.3, -0.25) is 4.79 Å². The number of halogens is 2. The molecule has 0 unspecified atom stereocenters. The van der Waals surface area contributed by atoms with Crippen molar-refractivity contribution in [3.63, 3.8) is 0 Å². The SMILES string of the molecule is O=C(O)Cc1cc2cc(OCCCN3CCCCC3)ccc2nc1-c1ccc(F)c(Cl)c1. The number of carboxylic acids is 1. The van der Waals surface area contributed by atoms with Crippen molar-refractivity contribution in [1.29, 1.82) is 0 Å². The lowest BCUT2D eigenvalue weighted by atomic mass is 10.0. The van der Waals surface area contributed by atoms with E-state index in [0.717, 1.165) is 24.1 Å². The fraction of sp³-hybridized carbons (Fsp3) is 0.360. The molecule has 4 rings (SSSR count). The number of benzene rings is 2. The van der Waals surface area contributed by atoms with E-state index in [1.807, 2.05) is 24.3 Å². The monoisotopic (exact) mass is 456 g/mol. The minimum absolute atomic E-state index is 0.0287. The number of rotatable bonds is 8. The fourth-order valence-corrected chi connectivity index (χ4v) is 4.32. The summed E-state index contributed by atoms with van der Waals surface area (Å²) in [5.74, 6) is -0.763. The van der Waals surface area contributed by atoms with E-state index in [4.69, 9.17) is 16.3 Å². The third-order valence-corrected chi connectivity index (χ3v) is 6.03. The van der Waals surface area contributed by atoms with E-state index in [1.54, 1.807) is 6.07 Å². The average molecular weight is 457 g/mol. The van der Waals surface area contributed by atoms with Crippen molar-refractivity contribution in [2.45, 2.75) is 32.1 Å². The number of hydrogen-bond acceptors (Lipinski definition) is 4. The average Bonchev–Trinajstić information content (AvgIpc) is 2.78. The molecule has 1 aliphatic rings. The van der Waals surface area contributed by atoms with Gasteiger partial charge in [0, 0.05) is 17.5 Å². The molecule has 1 aliphatic heterocycles. The van der Waals surface area contributed by atoms with Crippen LogP contribution < -0.4 is 4.74 Å². The Morgan fingerprint density at radius 1 is 1.12 bits per heavy atom. The summed E-state index contributed by atoms with van der Waals surface area (Å²) in [4.78, 5) is 18.6. The smallest absolute Gasteiger partial charge is 0.307 e. The predicted octanol–water partition coefficient (Wildman–Crippen LogP) is 5.58. The molecule has 0 saturated carbocycles. The molecular formula is C25H26ClFN2O3. The number of fused-ring (bicyclic) bond motifs is 1. The molecule has 1 fully saturated rings. The first-order valence-corrected chi connectivity index (χ1v) is 11.3. The van der Waals surface area contributed by atoms with Crippen LogP contribution in [0, 0.1) is 5.82 Å². The molecule has 0 radical (unpaired) electrons. The van der Waals surface area contributed by atoms with Crippen molar-refractivity contribution in [3.05, 3.63) is 58.9 Å². The fourth-order valence-electron chi connectivity index (χ4n) is 4.14. The quantitative estimate of drug-likeness (QED) is 0.448. The second kappa shape index (κ2) is 10.3. The van der Waals surface area contributed by atoms with E-state index in [2.05, 4.69) is 9.88 Å². The third-order valence-electron chi connectivity index (χ3n) is 5.74. The van der Waals surface area contributed by atoms with Crippen LogP contribution in [-0.4, -0.2) is 47.2 Å². The maximum absolute atomic E-state index is 13.6. The van der Waals surface area contributed by atoms with Crippen LogP contribution in [-0.2, 0) is 11.2 Å². The summed E-state index contributed by atoms with van der Waals surface area (Å²) in [5.41, 5.74) is 2.30. The highest BCUT2D eigenvalue weighted by Gasteiger charge is 2.15. The maximum atomic E-state index is 13.6. The molecule has 1 N–H and O–H groups in total. The lowest BCUT2D eigenvalue weighted by molar-refractivity contribution is -0.136. The van der Waals surface area contributed by atoms with Gasteiger partial charge in [0.05, 0.1) is 29.3 Å². The molecule has 168 valence electrons. The summed E-state index contributed by atoms with van der Waals surface area (Å²) in [5, 5.41) is 10.1. The molecular weight excluding hydrogens is 431 g/mol. The summed E-state index contributed by atoms with van der Waals surface area (Å²) in [7, 11) is 0. The Morgan fingerprint density at radius 2 is 1.94 bits per heavy atom. The lowest BCUT2D eigenvalue weighted by Crippen LogP contribution is -2.31. The zero-order valence-electron chi connectivity index (χ0n) is 17.8. The molecule has 5 nitrogen and oxygen atoms in total. The van der Waals surface area contributed by atoms with Crippen LogP contribution in [0.5, 0.6) is 5.75 Å². The van der Waals surface area contributed by atoms with Gasteiger partial charge in [-0.1, -0.05) is 18.0 Å². The van der Waals surface area contributed by atoms with Gasteiger partial charge in [0.25, 0.3) is 0 Å². The Morgan fingerprint density at radius 3 is 2.69 bits per heavy atom. The molecule has 0 bridgehead atoms. The minimum atomic E-state index is -0.967. The van der Waals surface area contributed by atoms with E-state index >= 15 is 0 Å². The number of pyridine rings is 1. The van der Waals surface area contributed by atoms with Gasteiger partial charge in [-0.15, -0.1) is 0 Å². The highest BCUT2D eigenvalue weighted by molar-refractivity contribution is 6.31. The van der Waals surface area contributed by atoms with Crippen molar-refractivity contribution in [3.8, 4) is 17.0 Å². The molecule has 0 atom stereocenters. The maximum Gasteiger partial charge on any atom is 0.307 e. The normalized spacial score (nSPS) is 14.6. The number of carbonyl (C=O) groups is 1. The van der Waals surface area contributed by atoms with E-state index in [-0.39, 0.29) is 11.4 Å². The van der Waals surface area contributed by atoms with Crippen molar-refractivity contribution >= 4 is 28.5 Å². The number of nitrogens with zero attached hydrogens (tertiary/aromatic N) is 2. The van der Waals surface area contributed by atoms with Crippen LogP contribution in [0.1, 0.15) is 31.2 Å². The first-order valence-electron chi connectivity index (χ1n) is 11.0. The zero-order valence-corrected chi connectivity index (χ0v) is 18.6. The van der Waals surface area contributed by atoms with Gasteiger partial charge >= 0.3 is 5.97 Å². The Kier molecular flexibility index (Phi) is 7.22. The molecule has 0 amide bonds. The van der Waals surface area contributed by atoms with Crippen molar-refractivity contribution in [2.24, 2.45) is 0 Å². The lowest BCUT2D eigenvalue weighted by Gasteiger charge is -2.26. The molecule has 2 heterocycles. The Hall–Kier alpha value is -2.70. The molecule has 0 aliphatic carbocycles. The van der Waals surface area contributed by atoms with Crippen LogP contribution >= 0.6 is 11.6 Å². The van der Waals surface area contributed by atoms with Crippen LogP contribution in [0.15, 0.2) is 42.5 Å². The topological polar surface area (TPSA) is 62.7 Å². The van der Waals surface area contributed by atoms with Gasteiger partial charge in [-0.25, -0.2) is 9.37 Å². The molecule has 3 aromatic rings. The number of hydrogen-bond donors (Lipinski definition) is 1. The van der Waals surface area contributed by atoms with E-state index in [0.29, 0.717) is 28.9 Å². The molecule has 0 spiro atoms. The zero-order chi connectivity index (χ0) is 22.5. The molecule has 7 heteroatoms. The van der Waals surface area contributed by atoms with Gasteiger partial charge in [0.15, 0.2) is 0 Å². The molecule has 32 heavy (non-hydrogen) atoms. The summed E-state index contributed by atoms with van der Waals surface area (Å²) >= 11 is 5.93. The highest BCUT2D eigenvalue weighted by atomic mass is 35.5. The first-order chi connectivity index (χ1) is 15.5. The summed E-state index contributed by atoms with van der Waals surface area (Å²) in [6.45, 7) is 4.02. The first kappa shape index (κ1) is 22.5. The van der Waals surface area contributed by atoms with Crippen molar-refractivity contribution < 1.29 is 19.0 Å². The van der Waals surface area contributed by atoms with Crippen LogP contribution in [0.2, 0.25) is 5.02 Å². The minimum Gasteiger partial charge on any atom is -0.494 e. The summed E-state index contributed by atoms with van der Waals surface area (Å²) in [6.07, 6.45) is 4.66. The summed E-state index contributed by atoms with van der Waals surface area (Å²) in [6, 6.07) is 11.7. The Labute approximate surface area is 191 Å². The third kappa shape index (κ3) is 5.56. The van der Waals surface area contributed by atoms with E-state index in [9.17, 15) is 14.3 Å². The molecule has 1 saturated heterocycles. The molecule has 2 aromatic carbocycles. The van der Waals surface area contributed by atoms with Gasteiger partial charge in [-0.2, -0.15) is 0 Å². The van der Waals surface area contributed by atoms with E-state index in [1.165, 1.54) is 44.5 Å². The van der Waals surface area contributed by atoms with Crippen LogP contribution in [0.4, 0.5) is 4.39 Å². The standard InChI is InChI=1S/C25H26ClFN2O3/c26-21-15-17(5-7-22(21)27)25-19(16-24(30)31)13-18-14-20(6-8-23(18)28-25)32-12-4-11-29-9-2-1-3-10-29/h5-8,13-15H,1-4,9-12,16H2,(H,30,31). The van der Waals surface area contributed by atoms with Gasteiger partial charge in [0.2, 0.25) is 0 Å². The Balaban J connectivity index is 1.53. The number of piperidine rings is 1. The highest BCUT2D eigenvalue weighted by Crippen LogP contribution is 2.30. The largest absolute Gasteiger partial charge is 0.494 e. The van der Waals surface area contributed by atoms with Gasteiger partial charge < -0.3 is 14.7 Å². The van der Waals surface area contributed by atoms with E-state index < -0.39 is 11.8 Å². The number of ether oxygens (including phenoxy) is 1. The number of aliphatic carboxylic acids is 1. The van der Waals surface area contributed by atoms with Gasteiger partial charge in [0.1, 0.15) is 11.6 Å². The number of aromatic nitrogens is 1. The Bertz CT molecular complexity index is 1120. The van der Waals surface area contributed by atoms with Gasteiger partial charge in [-0.05, 0) is 80.4 Å². The second-order valence-electron chi connectivity index (χ2n) is 8.15. The number of carboxylic acid groups (broad SMARTS) is 1. The van der Waals surface area contributed by atoms with Crippen molar-refractivity contribution in [1.82, 2.24) is 9.88 Å². The predicted molar refractivity (Wildman–Crippen MR) is 124 cm³/mol. The summed E-state index contributed by atoms with van der Waals surface area (Å²) < 4.78 is 19.5.